The molecule has 1 aromatic rings. The fourth-order valence-electron chi connectivity index (χ4n) is 3.63. The van der Waals surface area contributed by atoms with Gasteiger partial charge in [0.05, 0.1) is 12.0 Å². The average molecular weight is 405 g/mol. The van der Waals surface area contributed by atoms with Crippen LogP contribution in [0.25, 0.3) is 0 Å². The van der Waals surface area contributed by atoms with Crippen LogP contribution in [0.1, 0.15) is 37.7 Å². The van der Waals surface area contributed by atoms with E-state index >= 15 is 0 Å². The minimum absolute atomic E-state index is 0.172. The van der Waals surface area contributed by atoms with Gasteiger partial charge in [0.2, 0.25) is 5.91 Å². The number of carboxylic acids is 2. The van der Waals surface area contributed by atoms with E-state index in [4.69, 9.17) is 5.73 Å². The third-order valence-electron chi connectivity index (χ3n) is 5.36. The smallest absolute Gasteiger partial charge is 0.320 e. The maximum Gasteiger partial charge on any atom is 0.320 e. The van der Waals surface area contributed by atoms with Crippen LogP contribution in [0.3, 0.4) is 0 Å². The first-order valence-corrected chi connectivity index (χ1v) is 10.2. The van der Waals surface area contributed by atoms with Crippen molar-refractivity contribution in [3.05, 3.63) is 35.9 Å². The number of nitrogens with zero attached hydrogens (tertiary/aromatic N) is 1. The number of hydrogen-bond donors (Lipinski definition) is 4. The quantitative estimate of drug-likeness (QED) is 0.383. The zero-order valence-electron chi connectivity index (χ0n) is 16.6. The highest BCUT2D eigenvalue weighted by molar-refractivity contribution is 5.84. The van der Waals surface area contributed by atoms with Crippen molar-refractivity contribution >= 4 is 17.8 Å². The van der Waals surface area contributed by atoms with Crippen molar-refractivity contribution in [3.63, 3.8) is 0 Å². The van der Waals surface area contributed by atoms with Crippen LogP contribution in [0.15, 0.2) is 30.3 Å². The molecule has 0 spiro atoms. The molecule has 0 saturated carbocycles. The van der Waals surface area contributed by atoms with Crippen molar-refractivity contribution in [2.24, 2.45) is 11.7 Å². The highest BCUT2D eigenvalue weighted by Gasteiger charge is 2.35. The highest BCUT2D eigenvalue weighted by atomic mass is 16.4. The minimum atomic E-state index is -0.998. The molecule has 0 radical (unpaired) electrons. The molecule has 3 unspecified atom stereocenters. The maximum absolute atomic E-state index is 13.0. The highest BCUT2D eigenvalue weighted by Crippen LogP contribution is 2.19. The molecule has 5 N–H and O–H groups in total. The van der Waals surface area contributed by atoms with E-state index in [-0.39, 0.29) is 12.5 Å². The number of carboxylic acid groups (broad SMARTS) is 2. The van der Waals surface area contributed by atoms with Gasteiger partial charge < -0.3 is 20.8 Å². The van der Waals surface area contributed by atoms with Crippen LogP contribution in [-0.4, -0.2) is 64.7 Å². The molecule has 0 aromatic heterocycles. The van der Waals surface area contributed by atoms with Gasteiger partial charge in [-0.1, -0.05) is 36.8 Å². The molecule has 8 nitrogen and oxygen atoms in total. The number of hydrogen-bond acceptors (Lipinski definition) is 5. The number of likely N-dealkylation sites (tertiary alicyclic amines) is 1. The first kappa shape index (κ1) is 22.8. The third-order valence-corrected chi connectivity index (χ3v) is 5.36. The third kappa shape index (κ3) is 7.14. The molecular formula is C21H31N3O5. The molecule has 0 bridgehead atoms. The summed E-state index contributed by atoms with van der Waals surface area (Å²) in [5.74, 6) is -2.68. The van der Waals surface area contributed by atoms with Crippen molar-refractivity contribution in [2.45, 2.75) is 50.6 Å². The Bertz CT molecular complexity index is 682. The molecular weight excluding hydrogens is 374 g/mol. The number of aliphatic carboxylic acids is 2. The van der Waals surface area contributed by atoms with Crippen molar-refractivity contribution in [1.29, 1.82) is 0 Å². The monoisotopic (exact) mass is 405 g/mol. The molecule has 29 heavy (non-hydrogen) atoms. The number of amides is 1. The molecule has 2 rings (SSSR count). The number of nitrogens with one attached hydrogen (secondary N) is 1. The lowest BCUT2D eigenvalue weighted by Crippen LogP contribution is -2.52. The minimum Gasteiger partial charge on any atom is -0.481 e. The zero-order chi connectivity index (χ0) is 21.2. The normalized spacial score (nSPS) is 18.4. The Hall–Kier alpha value is -2.45. The second-order valence-corrected chi connectivity index (χ2v) is 7.53. The van der Waals surface area contributed by atoms with E-state index in [0.29, 0.717) is 45.2 Å². The van der Waals surface area contributed by atoms with Gasteiger partial charge in [-0.15, -0.1) is 0 Å². The van der Waals surface area contributed by atoms with E-state index in [1.54, 1.807) is 0 Å². The van der Waals surface area contributed by atoms with Crippen molar-refractivity contribution in [1.82, 2.24) is 10.2 Å². The second-order valence-electron chi connectivity index (χ2n) is 7.53. The molecule has 8 heteroatoms. The number of unbranched alkanes of at least 4 members (excludes halogenated alkanes) is 1. The van der Waals surface area contributed by atoms with E-state index in [0.717, 1.165) is 12.0 Å². The lowest BCUT2D eigenvalue weighted by Gasteiger charge is -2.27. The maximum atomic E-state index is 13.0. The van der Waals surface area contributed by atoms with Crippen LogP contribution in [0, 0.1) is 5.92 Å². The molecule has 1 aliphatic heterocycles. The summed E-state index contributed by atoms with van der Waals surface area (Å²) in [6, 6.07) is 8.08. The summed E-state index contributed by atoms with van der Waals surface area (Å²) in [6.45, 7) is 1.06. The molecule has 1 fully saturated rings. The predicted octanol–water partition coefficient (Wildman–Crippen LogP) is 1.09. The Kier molecular flexibility index (Phi) is 9.08. The average Bonchev–Trinajstić information content (AvgIpc) is 3.20. The van der Waals surface area contributed by atoms with Gasteiger partial charge in [0.15, 0.2) is 0 Å². The first-order chi connectivity index (χ1) is 13.9. The number of carbonyl (C=O) groups excluding carboxylic acids is 1. The van der Waals surface area contributed by atoms with Gasteiger partial charge in [-0.2, -0.15) is 0 Å². The fourth-order valence-corrected chi connectivity index (χ4v) is 3.63. The Labute approximate surface area is 171 Å². The van der Waals surface area contributed by atoms with E-state index in [1.807, 2.05) is 30.3 Å². The van der Waals surface area contributed by atoms with Gasteiger partial charge in [0.1, 0.15) is 6.04 Å². The fraction of sp³-hybridized carbons (Fsp3) is 0.571. The summed E-state index contributed by atoms with van der Waals surface area (Å²) in [7, 11) is 0. The van der Waals surface area contributed by atoms with Crippen LogP contribution in [0.2, 0.25) is 0 Å². The van der Waals surface area contributed by atoms with Gasteiger partial charge in [0.25, 0.3) is 0 Å². The molecule has 1 aliphatic rings. The van der Waals surface area contributed by atoms with E-state index in [2.05, 4.69) is 5.32 Å². The second kappa shape index (κ2) is 11.5. The topological polar surface area (TPSA) is 133 Å². The molecule has 3 atom stereocenters. The van der Waals surface area contributed by atoms with E-state index in [9.17, 15) is 24.6 Å². The van der Waals surface area contributed by atoms with Crippen molar-refractivity contribution < 1.29 is 24.6 Å². The summed E-state index contributed by atoms with van der Waals surface area (Å²) in [5, 5.41) is 21.8. The first-order valence-electron chi connectivity index (χ1n) is 10.2. The van der Waals surface area contributed by atoms with Crippen LogP contribution in [0.5, 0.6) is 0 Å². The predicted molar refractivity (Wildman–Crippen MR) is 108 cm³/mol. The van der Waals surface area contributed by atoms with Gasteiger partial charge in [0, 0.05) is 13.1 Å². The Morgan fingerprint density at radius 3 is 2.41 bits per heavy atom. The summed E-state index contributed by atoms with van der Waals surface area (Å²) >= 11 is 0. The molecule has 0 aliphatic carbocycles. The van der Waals surface area contributed by atoms with Crippen LogP contribution in [0.4, 0.5) is 0 Å². The van der Waals surface area contributed by atoms with Gasteiger partial charge in [-0.05, 0) is 44.2 Å². The van der Waals surface area contributed by atoms with E-state index in [1.165, 1.54) is 4.90 Å². The number of aryl methyl sites for hydroxylation is 1. The standard InChI is InChI=1S/C21H31N3O5/c22-12-5-4-8-17(19(25)24-13-11-16(14-24)20(26)27)23-18(21(28)29)10-9-15-6-2-1-3-7-15/h1-3,6-7,16-18,23H,4-5,8-14,22H2,(H,26,27)(H,28,29). The van der Waals surface area contributed by atoms with Crippen LogP contribution >= 0.6 is 0 Å². The molecule has 1 aromatic carbocycles. The zero-order valence-corrected chi connectivity index (χ0v) is 16.6. The van der Waals surface area contributed by atoms with E-state index < -0.39 is 29.9 Å². The number of rotatable bonds is 12. The summed E-state index contributed by atoms with van der Waals surface area (Å²) in [5.41, 5.74) is 6.59. The Morgan fingerprint density at radius 2 is 1.83 bits per heavy atom. The lowest BCUT2D eigenvalue weighted by atomic mass is 10.0. The molecule has 1 saturated heterocycles. The summed E-state index contributed by atoms with van der Waals surface area (Å²) < 4.78 is 0. The molecule has 1 heterocycles. The van der Waals surface area contributed by atoms with Gasteiger partial charge in [-0.3, -0.25) is 19.7 Å². The SMILES string of the molecule is NCCCCC(NC(CCc1ccccc1)C(=O)O)C(=O)N1CCC(C(=O)O)C1. The molecule has 1 amide bonds. The largest absolute Gasteiger partial charge is 0.481 e. The van der Waals surface area contributed by atoms with Gasteiger partial charge in [-0.25, -0.2) is 0 Å². The summed E-state index contributed by atoms with van der Waals surface area (Å²) in [4.78, 5) is 37.5. The number of carbonyl (C=O) groups is 3. The lowest BCUT2D eigenvalue weighted by molar-refractivity contribution is -0.141. The van der Waals surface area contributed by atoms with Crippen LogP contribution in [-0.2, 0) is 20.8 Å². The number of nitrogens with two attached hydrogens (primary N) is 1. The van der Waals surface area contributed by atoms with Gasteiger partial charge >= 0.3 is 11.9 Å². The van der Waals surface area contributed by atoms with Crippen molar-refractivity contribution in [2.75, 3.05) is 19.6 Å². The molecule has 160 valence electrons. The van der Waals surface area contributed by atoms with Crippen molar-refractivity contribution in [3.8, 4) is 0 Å². The van der Waals surface area contributed by atoms with Crippen LogP contribution < -0.4 is 11.1 Å². The summed E-state index contributed by atoms with van der Waals surface area (Å²) in [6.07, 6.45) is 3.27. The number of benzene rings is 1. The Morgan fingerprint density at radius 1 is 1.10 bits per heavy atom. The Balaban J connectivity index is 2.02.